The second kappa shape index (κ2) is 9.24. The third kappa shape index (κ3) is 4.56. The Morgan fingerprint density at radius 2 is 1.79 bits per heavy atom. The van der Waals surface area contributed by atoms with Gasteiger partial charge >= 0.3 is 0 Å². The summed E-state index contributed by atoms with van der Waals surface area (Å²) in [5.41, 5.74) is 8.75. The van der Waals surface area contributed by atoms with Crippen LogP contribution >= 0.6 is 0 Å². The van der Waals surface area contributed by atoms with E-state index in [4.69, 9.17) is 10.5 Å². The van der Waals surface area contributed by atoms with Crippen LogP contribution in [0.25, 0.3) is 0 Å². The first-order chi connectivity index (χ1) is 13.6. The SMILES string of the molecule is CCCCCC1(c2ccccc2)CN(C(=O)[C@H](N)Cc2ccc(OC)cc2)C1. The molecule has 2 aromatic carbocycles. The third-order valence-electron chi connectivity index (χ3n) is 5.88. The average Bonchev–Trinajstić information content (AvgIpc) is 2.70. The van der Waals surface area contributed by atoms with Crippen LogP contribution in [0.4, 0.5) is 0 Å². The molecule has 150 valence electrons. The maximum absolute atomic E-state index is 12.9. The average molecular weight is 381 g/mol. The Bertz CT molecular complexity index is 752. The molecule has 1 aliphatic rings. The zero-order chi connectivity index (χ0) is 20.0. The molecule has 4 heteroatoms. The van der Waals surface area contributed by atoms with Crippen LogP contribution in [0.15, 0.2) is 54.6 Å². The molecule has 0 saturated carbocycles. The van der Waals surface area contributed by atoms with Crippen LogP contribution in [0.1, 0.15) is 43.7 Å². The summed E-state index contributed by atoms with van der Waals surface area (Å²) >= 11 is 0. The minimum atomic E-state index is -0.502. The molecule has 28 heavy (non-hydrogen) atoms. The van der Waals surface area contributed by atoms with Crippen LogP contribution in [0.2, 0.25) is 0 Å². The predicted molar refractivity (Wildman–Crippen MR) is 114 cm³/mol. The van der Waals surface area contributed by atoms with Crippen molar-refractivity contribution in [2.24, 2.45) is 5.73 Å². The number of hydrogen-bond donors (Lipinski definition) is 1. The van der Waals surface area contributed by atoms with Gasteiger partial charge in [-0.05, 0) is 36.1 Å². The van der Waals surface area contributed by atoms with E-state index in [-0.39, 0.29) is 11.3 Å². The van der Waals surface area contributed by atoms with E-state index in [2.05, 4.69) is 37.3 Å². The summed E-state index contributed by atoms with van der Waals surface area (Å²) in [6.07, 6.45) is 5.32. The molecule has 1 fully saturated rings. The highest BCUT2D eigenvalue weighted by atomic mass is 16.5. The van der Waals surface area contributed by atoms with Gasteiger partial charge in [-0.25, -0.2) is 0 Å². The summed E-state index contributed by atoms with van der Waals surface area (Å²) in [5, 5.41) is 0. The number of likely N-dealkylation sites (tertiary alicyclic amines) is 1. The van der Waals surface area contributed by atoms with E-state index in [0.29, 0.717) is 6.42 Å². The lowest BCUT2D eigenvalue weighted by molar-refractivity contribution is -0.140. The van der Waals surface area contributed by atoms with E-state index in [1.165, 1.54) is 24.8 Å². The lowest BCUT2D eigenvalue weighted by atomic mass is 9.70. The molecule has 1 atom stereocenters. The number of carbonyl (C=O) groups is 1. The van der Waals surface area contributed by atoms with E-state index in [0.717, 1.165) is 30.8 Å². The number of benzene rings is 2. The van der Waals surface area contributed by atoms with Crippen LogP contribution in [0, 0.1) is 0 Å². The van der Waals surface area contributed by atoms with Gasteiger partial charge in [-0.3, -0.25) is 4.79 Å². The molecule has 3 rings (SSSR count). The zero-order valence-corrected chi connectivity index (χ0v) is 17.1. The molecular weight excluding hydrogens is 348 g/mol. The van der Waals surface area contributed by atoms with E-state index in [1.807, 2.05) is 29.2 Å². The van der Waals surface area contributed by atoms with Crippen LogP contribution in [-0.2, 0) is 16.6 Å². The molecule has 0 aliphatic carbocycles. The van der Waals surface area contributed by atoms with Crippen LogP contribution in [0.3, 0.4) is 0 Å². The van der Waals surface area contributed by atoms with Crippen molar-refractivity contribution in [2.45, 2.75) is 50.5 Å². The lowest BCUT2D eigenvalue weighted by Gasteiger charge is -2.51. The van der Waals surface area contributed by atoms with Gasteiger partial charge < -0.3 is 15.4 Å². The second-order valence-corrected chi connectivity index (χ2v) is 7.96. The minimum absolute atomic E-state index is 0.0536. The van der Waals surface area contributed by atoms with E-state index in [1.54, 1.807) is 7.11 Å². The number of nitrogens with two attached hydrogens (primary N) is 1. The molecule has 4 nitrogen and oxygen atoms in total. The van der Waals surface area contributed by atoms with Crippen LogP contribution in [0.5, 0.6) is 5.75 Å². The number of hydrogen-bond acceptors (Lipinski definition) is 3. The Hall–Kier alpha value is -2.33. The molecule has 0 radical (unpaired) electrons. The van der Waals surface area contributed by atoms with Crippen molar-refractivity contribution in [1.82, 2.24) is 4.90 Å². The number of carbonyl (C=O) groups excluding carboxylic acids is 1. The fourth-order valence-electron chi connectivity index (χ4n) is 4.17. The number of rotatable bonds is 9. The Morgan fingerprint density at radius 1 is 1.11 bits per heavy atom. The second-order valence-electron chi connectivity index (χ2n) is 7.96. The van der Waals surface area contributed by atoms with Crippen LogP contribution < -0.4 is 10.5 Å². The number of methoxy groups -OCH3 is 1. The normalized spacial score (nSPS) is 16.3. The molecule has 1 aliphatic heterocycles. The van der Waals surface area contributed by atoms with Gasteiger partial charge in [-0.15, -0.1) is 0 Å². The molecule has 1 saturated heterocycles. The van der Waals surface area contributed by atoms with Gasteiger partial charge in [0.25, 0.3) is 0 Å². The third-order valence-corrected chi connectivity index (χ3v) is 5.88. The molecule has 0 unspecified atom stereocenters. The van der Waals surface area contributed by atoms with E-state index in [9.17, 15) is 4.79 Å². The van der Waals surface area contributed by atoms with Gasteiger partial charge in [0.1, 0.15) is 5.75 Å². The predicted octanol–water partition coefficient (Wildman–Crippen LogP) is 3.93. The minimum Gasteiger partial charge on any atom is -0.497 e. The summed E-state index contributed by atoms with van der Waals surface area (Å²) in [4.78, 5) is 14.8. The van der Waals surface area contributed by atoms with Gasteiger partial charge in [0, 0.05) is 18.5 Å². The standard InChI is InChI=1S/C24H32N2O2/c1-3-4-8-15-24(20-9-6-5-7-10-20)17-26(18-24)23(27)22(25)16-19-11-13-21(28-2)14-12-19/h5-7,9-14,22H,3-4,8,15-18,25H2,1-2H3/t22-/m1/s1. The van der Waals surface area contributed by atoms with Crippen LogP contribution in [-0.4, -0.2) is 37.0 Å². The molecule has 0 spiro atoms. The molecule has 0 bridgehead atoms. The van der Waals surface area contributed by atoms with Gasteiger partial charge in [-0.1, -0.05) is 68.7 Å². The molecule has 2 aromatic rings. The zero-order valence-electron chi connectivity index (χ0n) is 17.1. The Morgan fingerprint density at radius 3 is 2.39 bits per heavy atom. The first-order valence-corrected chi connectivity index (χ1v) is 10.3. The Labute approximate surface area is 168 Å². The van der Waals surface area contributed by atoms with Crippen molar-refractivity contribution in [3.8, 4) is 5.75 Å². The first kappa shape index (κ1) is 20.4. The van der Waals surface area contributed by atoms with Gasteiger partial charge in [0.05, 0.1) is 13.2 Å². The molecule has 1 amide bonds. The summed E-state index contributed by atoms with van der Waals surface area (Å²) in [6, 6.07) is 17.9. The summed E-state index contributed by atoms with van der Waals surface area (Å²) < 4.78 is 5.19. The Balaban J connectivity index is 1.61. The first-order valence-electron chi connectivity index (χ1n) is 10.3. The maximum atomic E-state index is 12.9. The molecule has 2 N–H and O–H groups in total. The summed E-state index contributed by atoms with van der Waals surface area (Å²) in [5.74, 6) is 0.865. The van der Waals surface area contributed by atoms with Crippen molar-refractivity contribution in [1.29, 1.82) is 0 Å². The Kier molecular flexibility index (Phi) is 6.74. The molecular formula is C24H32N2O2. The highest BCUT2D eigenvalue weighted by molar-refractivity contribution is 5.83. The number of nitrogens with zero attached hydrogens (tertiary/aromatic N) is 1. The van der Waals surface area contributed by atoms with Crippen molar-refractivity contribution in [3.63, 3.8) is 0 Å². The van der Waals surface area contributed by atoms with Gasteiger partial charge in [-0.2, -0.15) is 0 Å². The number of unbranched alkanes of at least 4 members (excludes halogenated alkanes) is 2. The van der Waals surface area contributed by atoms with E-state index < -0.39 is 6.04 Å². The fourth-order valence-corrected chi connectivity index (χ4v) is 4.17. The maximum Gasteiger partial charge on any atom is 0.239 e. The topological polar surface area (TPSA) is 55.6 Å². The summed E-state index contributed by atoms with van der Waals surface area (Å²) in [6.45, 7) is 3.77. The highest BCUT2D eigenvalue weighted by Gasteiger charge is 2.46. The van der Waals surface area contributed by atoms with E-state index >= 15 is 0 Å². The van der Waals surface area contributed by atoms with Crippen molar-refractivity contribution in [3.05, 3.63) is 65.7 Å². The molecule has 0 aromatic heterocycles. The molecule has 1 heterocycles. The number of amides is 1. The largest absolute Gasteiger partial charge is 0.497 e. The van der Waals surface area contributed by atoms with Gasteiger partial charge in [0.15, 0.2) is 0 Å². The van der Waals surface area contributed by atoms with Gasteiger partial charge in [0.2, 0.25) is 5.91 Å². The number of ether oxygens (including phenoxy) is 1. The monoisotopic (exact) mass is 380 g/mol. The van der Waals surface area contributed by atoms with Crippen molar-refractivity contribution < 1.29 is 9.53 Å². The smallest absolute Gasteiger partial charge is 0.239 e. The van der Waals surface area contributed by atoms with Crippen molar-refractivity contribution in [2.75, 3.05) is 20.2 Å². The highest BCUT2D eigenvalue weighted by Crippen LogP contribution is 2.39. The quantitative estimate of drug-likeness (QED) is 0.671. The fraction of sp³-hybridized carbons (Fsp3) is 0.458. The van der Waals surface area contributed by atoms with Crippen molar-refractivity contribution >= 4 is 5.91 Å². The summed E-state index contributed by atoms with van der Waals surface area (Å²) in [7, 11) is 1.65. The lowest BCUT2D eigenvalue weighted by Crippen LogP contribution is -2.64.